The van der Waals surface area contributed by atoms with Crippen molar-refractivity contribution < 1.29 is 0 Å². The molecular weight excluding hydrogens is 206 g/mol. The molecule has 0 saturated carbocycles. The molecule has 0 atom stereocenters. The zero-order valence-corrected chi connectivity index (χ0v) is 11.1. The van der Waals surface area contributed by atoms with Crippen molar-refractivity contribution in [3.63, 3.8) is 0 Å². The summed E-state index contributed by atoms with van der Waals surface area (Å²) in [5, 5.41) is 6.53. The first kappa shape index (κ1) is 12.5. The van der Waals surface area contributed by atoms with Crippen LogP contribution in [-0.4, -0.2) is 36.1 Å². The molecule has 0 bridgehead atoms. The third-order valence-electron chi connectivity index (χ3n) is 2.80. The van der Waals surface area contributed by atoms with Gasteiger partial charge in [0.25, 0.3) is 0 Å². The van der Waals surface area contributed by atoms with E-state index in [-0.39, 0.29) is 5.54 Å². The monoisotopic (exact) mass is 227 g/mol. The Kier molecular flexibility index (Phi) is 4.11. The summed E-state index contributed by atoms with van der Waals surface area (Å²) in [6.07, 6.45) is 1.01. The zero-order chi connectivity index (χ0) is 11.5. The van der Waals surface area contributed by atoms with Crippen LogP contribution in [0.3, 0.4) is 0 Å². The van der Waals surface area contributed by atoms with E-state index >= 15 is 0 Å². The minimum absolute atomic E-state index is 0.151. The molecule has 4 heteroatoms. The van der Waals surface area contributed by atoms with Gasteiger partial charge in [0.1, 0.15) is 0 Å². The molecule has 0 saturated heterocycles. The van der Waals surface area contributed by atoms with Gasteiger partial charge in [0.05, 0.1) is 5.69 Å². The summed E-state index contributed by atoms with van der Waals surface area (Å²) >= 11 is 1.69. The first-order valence-corrected chi connectivity index (χ1v) is 6.19. The van der Waals surface area contributed by atoms with Crippen LogP contribution in [0.2, 0.25) is 0 Å². The number of rotatable bonds is 5. The van der Waals surface area contributed by atoms with Crippen LogP contribution in [0, 0.1) is 0 Å². The van der Waals surface area contributed by atoms with Gasteiger partial charge >= 0.3 is 0 Å². The lowest BCUT2D eigenvalue weighted by molar-refractivity contribution is 0.210. The first-order chi connectivity index (χ1) is 6.95. The smallest absolute Gasteiger partial charge is 0.182 e. The number of aromatic nitrogens is 1. The van der Waals surface area contributed by atoms with Crippen molar-refractivity contribution in [1.29, 1.82) is 0 Å². The molecule has 1 aromatic heterocycles. The average Bonchev–Trinajstić information content (AvgIpc) is 2.62. The Labute approximate surface area is 96.5 Å². The lowest BCUT2D eigenvalue weighted by Crippen LogP contribution is -2.44. The van der Waals surface area contributed by atoms with Crippen molar-refractivity contribution in [2.45, 2.75) is 32.7 Å². The average molecular weight is 227 g/mol. The van der Waals surface area contributed by atoms with Crippen molar-refractivity contribution in [2.75, 3.05) is 26.0 Å². The fraction of sp³-hybridized carbons (Fsp3) is 0.727. The maximum absolute atomic E-state index is 4.48. The van der Waals surface area contributed by atoms with E-state index in [1.807, 2.05) is 0 Å². The van der Waals surface area contributed by atoms with Gasteiger partial charge < -0.3 is 10.2 Å². The molecule has 0 spiro atoms. The Morgan fingerprint density at radius 1 is 1.47 bits per heavy atom. The summed E-state index contributed by atoms with van der Waals surface area (Å²) in [4.78, 5) is 6.70. The molecule has 0 radical (unpaired) electrons. The summed E-state index contributed by atoms with van der Waals surface area (Å²) in [6.45, 7) is 7.47. The molecule has 1 aromatic rings. The zero-order valence-electron chi connectivity index (χ0n) is 10.3. The third-order valence-corrected chi connectivity index (χ3v) is 3.65. The fourth-order valence-electron chi connectivity index (χ4n) is 1.00. The van der Waals surface area contributed by atoms with Gasteiger partial charge in [-0.05, 0) is 34.4 Å². The van der Waals surface area contributed by atoms with Gasteiger partial charge in [-0.3, -0.25) is 0 Å². The molecule has 86 valence electrons. The van der Waals surface area contributed by atoms with Gasteiger partial charge in [-0.2, -0.15) is 0 Å². The number of hydrogen-bond acceptors (Lipinski definition) is 4. The van der Waals surface area contributed by atoms with Crippen LogP contribution >= 0.6 is 11.3 Å². The van der Waals surface area contributed by atoms with E-state index in [9.17, 15) is 0 Å². The van der Waals surface area contributed by atoms with Gasteiger partial charge in [-0.1, -0.05) is 6.92 Å². The van der Waals surface area contributed by atoms with Crippen LogP contribution in [0.4, 0.5) is 5.13 Å². The number of aryl methyl sites for hydroxylation is 1. The van der Waals surface area contributed by atoms with Crippen molar-refractivity contribution in [3.8, 4) is 0 Å². The highest BCUT2D eigenvalue weighted by atomic mass is 32.1. The summed E-state index contributed by atoms with van der Waals surface area (Å²) in [5.74, 6) is 0. The predicted molar refractivity (Wildman–Crippen MR) is 67.7 cm³/mol. The lowest BCUT2D eigenvalue weighted by Gasteiger charge is -2.32. The molecule has 1 rings (SSSR count). The molecule has 0 fully saturated rings. The van der Waals surface area contributed by atoms with Gasteiger partial charge in [-0.25, -0.2) is 4.98 Å². The standard InChI is InChI=1S/C11H21N3S/c1-6-9-7-15-10(13-9)12-8-11(2,3)14(4)5/h7H,6,8H2,1-5H3,(H,12,13). The van der Waals surface area contributed by atoms with E-state index in [0.717, 1.165) is 18.1 Å². The number of thiazole rings is 1. The summed E-state index contributed by atoms with van der Waals surface area (Å²) in [5.41, 5.74) is 1.32. The van der Waals surface area contributed by atoms with E-state index in [1.165, 1.54) is 5.69 Å². The van der Waals surface area contributed by atoms with Crippen LogP contribution in [-0.2, 0) is 6.42 Å². The minimum Gasteiger partial charge on any atom is -0.360 e. The van der Waals surface area contributed by atoms with Gasteiger partial charge in [-0.15, -0.1) is 11.3 Å². The number of nitrogens with one attached hydrogen (secondary N) is 1. The second-order valence-corrected chi connectivity index (χ2v) is 5.42. The molecule has 3 nitrogen and oxygen atoms in total. The maximum Gasteiger partial charge on any atom is 0.182 e. The molecule has 1 N–H and O–H groups in total. The minimum atomic E-state index is 0.151. The van der Waals surface area contributed by atoms with Crippen LogP contribution in [0.1, 0.15) is 26.5 Å². The highest BCUT2D eigenvalue weighted by Crippen LogP contribution is 2.18. The van der Waals surface area contributed by atoms with Crippen molar-refractivity contribution in [2.24, 2.45) is 0 Å². The normalized spacial score (nSPS) is 12.1. The molecule has 0 amide bonds. The Balaban J connectivity index is 2.50. The SMILES string of the molecule is CCc1csc(NCC(C)(C)N(C)C)n1. The molecule has 0 unspecified atom stereocenters. The van der Waals surface area contributed by atoms with Crippen molar-refractivity contribution in [1.82, 2.24) is 9.88 Å². The summed E-state index contributed by atoms with van der Waals surface area (Å²) in [6, 6.07) is 0. The van der Waals surface area contributed by atoms with E-state index in [4.69, 9.17) is 0 Å². The maximum atomic E-state index is 4.48. The second-order valence-electron chi connectivity index (χ2n) is 4.56. The van der Waals surface area contributed by atoms with Gasteiger partial charge in [0.2, 0.25) is 0 Å². The van der Waals surface area contributed by atoms with E-state index in [1.54, 1.807) is 11.3 Å². The molecular formula is C11H21N3S. The van der Waals surface area contributed by atoms with Crippen LogP contribution in [0.25, 0.3) is 0 Å². The van der Waals surface area contributed by atoms with E-state index in [2.05, 4.69) is 55.4 Å². The van der Waals surface area contributed by atoms with E-state index < -0.39 is 0 Å². The number of hydrogen-bond donors (Lipinski definition) is 1. The van der Waals surface area contributed by atoms with E-state index in [0.29, 0.717) is 0 Å². The topological polar surface area (TPSA) is 28.2 Å². The van der Waals surface area contributed by atoms with Crippen LogP contribution < -0.4 is 5.32 Å². The number of anilines is 1. The quantitative estimate of drug-likeness (QED) is 0.837. The molecule has 0 aliphatic carbocycles. The van der Waals surface area contributed by atoms with Crippen molar-refractivity contribution >= 4 is 16.5 Å². The number of nitrogens with zero attached hydrogens (tertiary/aromatic N) is 2. The molecule has 0 aliphatic heterocycles. The Hall–Kier alpha value is -0.610. The highest BCUT2D eigenvalue weighted by molar-refractivity contribution is 7.13. The van der Waals surface area contributed by atoms with Crippen molar-refractivity contribution in [3.05, 3.63) is 11.1 Å². The Morgan fingerprint density at radius 3 is 2.60 bits per heavy atom. The Bertz CT molecular complexity index is 305. The summed E-state index contributed by atoms with van der Waals surface area (Å²) in [7, 11) is 4.20. The summed E-state index contributed by atoms with van der Waals surface area (Å²) < 4.78 is 0. The highest BCUT2D eigenvalue weighted by Gasteiger charge is 2.20. The predicted octanol–water partition coefficient (Wildman–Crippen LogP) is 2.46. The second kappa shape index (κ2) is 4.94. The van der Waals surface area contributed by atoms with Crippen LogP contribution in [0.15, 0.2) is 5.38 Å². The molecule has 0 aliphatic rings. The van der Waals surface area contributed by atoms with Crippen LogP contribution in [0.5, 0.6) is 0 Å². The van der Waals surface area contributed by atoms with Gasteiger partial charge in [0, 0.05) is 17.5 Å². The largest absolute Gasteiger partial charge is 0.360 e. The molecule has 0 aromatic carbocycles. The lowest BCUT2D eigenvalue weighted by atomic mass is 10.1. The molecule has 1 heterocycles. The third kappa shape index (κ3) is 3.47. The molecule has 15 heavy (non-hydrogen) atoms. The number of likely N-dealkylation sites (N-methyl/N-ethyl adjacent to an activating group) is 1. The van der Waals surface area contributed by atoms with Gasteiger partial charge in [0.15, 0.2) is 5.13 Å². The Morgan fingerprint density at radius 2 is 2.13 bits per heavy atom. The fourth-order valence-corrected chi connectivity index (χ4v) is 1.79. The first-order valence-electron chi connectivity index (χ1n) is 5.31.